The van der Waals surface area contributed by atoms with Crippen molar-refractivity contribution in [2.24, 2.45) is 0 Å². The van der Waals surface area contributed by atoms with E-state index in [4.69, 9.17) is 4.18 Å². The lowest BCUT2D eigenvalue weighted by Crippen LogP contribution is -2.11. The average Bonchev–Trinajstić information content (AvgIpc) is 2.94. The molecule has 0 N–H and O–H groups in total. The van der Waals surface area contributed by atoms with Gasteiger partial charge in [-0.2, -0.15) is 30.3 Å². The van der Waals surface area contributed by atoms with Crippen molar-refractivity contribution in [3.05, 3.63) is 48.0 Å². The molecule has 3 aromatic rings. The van der Waals surface area contributed by atoms with Crippen molar-refractivity contribution in [2.75, 3.05) is 0 Å². The molecular formula is C13H7F3N2O3S2. The summed E-state index contributed by atoms with van der Waals surface area (Å²) >= 11 is 0.827. The zero-order chi connectivity index (χ0) is 16.7. The Bertz CT molecular complexity index is 968. The molecule has 0 saturated heterocycles. The van der Waals surface area contributed by atoms with Crippen LogP contribution in [-0.2, 0) is 16.3 Å². The Labute approximate surface area is 132 Å². The Morgan fingerprint density at radius 1 is 1.04 bits per heavy atom. The van der Waals surface area contributed by atoms with Gasteiger partial charge in [0.05, 0.1) is 17.3 Å². The second-order valence-electron chi connectivity index (χ2n) is 4.45. The highest BCUT2D eigenvalue weighted by atomic mass is 32.2. The lowest BCUT2D eigenvalue weighted by molar-refractivity contribution is -0.137. The van der Waals surface area contributed by atoms with E-state index in [9.17, 15) is 21.6 Å². The van der Waals surface area contributed by atoms with Gasteiger partial charge in [-0.05, 0) is 30.3 Å². The van der Waals surface area contributed by atoms with Gasteiger partial charge in [-0.1, -0.05) is 12.1 Å². The second kappa shape index (κ2) is 5.46. The van der Waals surface area contributed by atoms with Crippen LogP contribution in [0.3, 0.4) is 0 Å². The van der Waals surface area contributed by atoms with Crippen molar-refractivity contribution in [1.29, 1.82) is 0 Å². The summed E-state index contributed by atoms with van der Waals surface area (Å²) in [5.41, 5.74) is -0.521. The van der Waals surface area contributed by atoms with Crippen LogP contribution < -0.4 is 4.18 Å². The molecule has 0 bridgehead atoms. The highest BCUT2D eigenvalue weighted by Crippen LogP contribution is 2.32. The van der Waals surface area contributed by atoms with Gasteiger partial charge in [-0.3, -0.25) is 0 Å². The topological polar surface area (TPSA) is 69.2 Å². The van der Waals surface area contributed by atoms with Crippen molar-refractivity contribution in [3.8, 4) is 5.75 Å². The third-order valence-electron chi connectivity index (χ3n) is 2.89. The van der Waals surface area contributed by atoms with Crippen LogP contribution in [0.2, 0.25) is 0 Å². The first-order valence-corrected chi connectivity index (χ1v) is 8.24. The third-order valence-corrected chi connectivity index (χ3v) is 4.71. The van der Waals surface area contributed by atoms with Gasteiger partial charge in [0.15, 0.2) is 0 Å². The predicted molar refractivity (Wildman–Crippen MR) is 76.7 cm³/mol. The van der Waals surface area contributed by atoms with Gasteiger partial charge < -0.3 is 4.18 Å². The molecule has 0 amide bonds. The summed E-state index contributed by atoms with van der Waals surface area (Å²) < 4.78 is 75.2. The largest absolute Gasteiger partial charge is 0.416 e. The first kappa shape index (κ1) is 15.7. The number of halogens is 3. The van der Waals surface area contributed by atoms with E-state index >= 15 is 0 Å². The van der Waals surface area contributed by atoms with Crippen LogP contribution in [0.25, 0.3) is 11.0 Å². The van der Waals surface area contributed by atoms with Crippen LogP contribution in [0.5, 0.6) is 5.75 Å². The molecule has 2 aromatic carbocycles. The molecule has 0 saturated carbocycles. The summed E-state index contributed by atoms with van der Waals surface area (Å²) in [6.07, 6.45) is -4.60. The first-order chi connectivity index (χ1) is 10.8. The number of aromatic nitrogens is 2. The van der Waals surface area contributed by atoms with Crippen molar-refractivity contribution >= 4 is 32.9 Å². The highest BCUT2D eigenvalue weighted by molar-refractivity contribution is 7.87. The summed E-state index contributed by atoms with van der Waals surface area (Å²) in [7, 11) is -4.34. The molecule has 0 aliphatic heterocycles. The standard InChI is InChI=1S/C13H7F3N2O3S2/c14-13(15,16)8-3-1-4-9(7-8)21-23(19,20)11-6-2-5-10-12(11)18-22-17-10/h1-7H. The minimum atomic E-state index is -4.60. The molecular weight excluding hydrogens is 353 g/mol. The van der Waals surface area contributed by atoms with Crippen LogP contribution in [0.4, 0.5) is 13.2 Å². The van der Waals surface area contributed by atoms with Crippen molar-refractivity contribution in [2.45, 2.75) is 11.1 Å². The summed E-state index contributed by atoms with van der Waals surface area (Å²) in [4.78, 5) is -0.249. The number of hydrogen-bond donors (Lipinski definition) is 0. The molecule has 0 spiro atoms. The minimum Gasteiger partial charge on any atom is -0.379 e. The first-order valence-electron chi connectivity index (χ1n) is 6.10. The summed E-state index contributed by atoms with van der Waals surface area (Å²) in [5, 5.41) is 0. The molecule has 0 aliphatic carbocycles. The molecule has 0 unspecified atom stereocenters. The third kappa shape index (κ3) is 3.13. The fourth-order valence-electron chi connectivity index (χ4n) is 1.88. The number of alkyl halides is 3. The van der Waals surface area contributed by atoms with E-state index in [0.717, 1.165) is 29.9 Å². The maximum atomic E-state index is 12.7. The zero-order valence-electron chi connectivity index (χ0n) is 11.1. The molecule has 10 heteroatoms. The molecule has 1 heterocycles. The quantitative estimate of drug-likeness (QED) is 0.669. The van der Waals surface area contributed by atoms with Crippen LogP contribution in [0.1, 0.15) is 5.56 Å². The van der Waals surface area contributed by atoms with E-state index in [1.54, 1.807) is 6.07 Å². The van der Waals surface area contributed by atoms with Gasteiger partial charge in [0.25, 0.3) is 0 Å². The van der Waals surface area contributed by atoms with E-state index in [1.807, 2.05) is 0 Å². The zero-order valence-corrected chi connectivity index (χ0v) is 12.7. The fourth-order valence-corrected chi connectivity index (χ4v) is 3.57. The summed E-state index contributed by atoms with van der Waals surface area (Å²) in [6.45, 7) is 0. The smallest absolute Gasteiger partial charge is 0.379 e. The summed E-state index contributed by atoms with van der Waals surface area (Å²) in [6, 6.07) is 7.92. The SMILES string of the molecule is O=S(=O)(Oc1cccc(C(F)(F)F)c1)c1cccc2nsnc12. The predicted octanol–water partition coefficient (Wildman–Crippen LogP) is 3.48. The molecule has 1 aromatic heterocycles. The maximum absolute atomic E-state index is 12.7. The van der Waals surface area contributed by atoms with E-state index in [1.165, 1.54) is 12.1 Å². The Hall–Kier alpha value is -2.20. The van der Waals surface area contributed by atoms with Crippen molar-refractivity contribution < 1.29 is 25.8 Å². The Morgan fingerprint density at radius 2 is 1.78 bits per heavy atom. The number of hydrogen-bond acceptors (Lipinski definition) is 6. The Kier molecular flexibility index (Phi) is 3.72. The van der Waals surface area contributed by atoms with E-state index < -0.39 is 27.6 Å². The van der Waals surface area contributed by atoms with Crippen LogP contribution in [-0.4, -0.2) is 17.2 Å². The molecule has 0 fully saturated rings. The summed E-state index contributed by atoms with van der Waals surface area (Å²) in [5.74, 6) is -0.431. The number of benzene rings is 2. The molecule has 0 radical (unpaired) electrons. The van der Waals surface area contributed by atoms with Gasteiger partial charge >= 0.3 is 16.3 Å². The average molecular weight is 360 g/mol. The van der Waals surface area contributed by atoms with Crippen molar-refractivity contribution in [1.82, 2.24) is 8.75 Å². The molecule has 0 atom stereocenters. The normalized spacial score (nSPS) is 12.5. The highest BCUT2D eigenvalue weighted by Gasteiger charge is 2.31. The monoisotopic (exact) mass is 360 g/mol. The number of fused-ring (bicyclic) bond motifs is 1. The van der Waals surface area contributed by atoms with Crippen LogP contribution >= 0.6 is 11.7 Å². The lowest BCUT2D eigenvalue weighted by Gasteiger charge is -2.10. The molecule has 120 valence electrons. The van der Waals surface area contributed by atoms with E-state index in [-0.39, 0.29) is 10.4 Å². The van der Waals surface area contributed by atoms with E-state index in [2.05, 4.69) is 8.75 Å². The number of rotatable bonds is 3. The van der Waals surface area contributed by atoms with Gasteiger partial charge in [-0.15, -0.1) is 0 Å². The fraction of sp³-hybridized carbons (Fsp3) is 0.0769. The van der Waals surface area contributed by atoms with Gasteiger partial charge in [-0.25, -0.2) is 0 Å². The minimum absolute atomic E-state index is 0.115. The van der Waals surface area contributed by atoms with Crippen molar-refractivity contribution in [3.63, 3.8) is 0 Å². The maximum Gasteiger partial charge on any atom is 0.416 e. The molecule has 5 nitrogen and oxygen atoms in total. The Balaban J connectivity index is 2.01. The van der Waals surface area contributed by atoms with Crippen LogP contribution in [0, 0.1) is 0 Å². The van der Waals surface area contributed by atoms with Crippen LogP contribution in [0.15, 0.2) is 47.4 Å². The van der Waals surface area contributed by atoms with Gasteiger partial charge in [0, 0.05) is 0 Å². The molecule has 0 aliphatic rings. The van der Waals surface area contributed by atoms with Gasteiger partial charge in [0.2, 0.25) is 0 Å². The second-order valence-corrected chi connectivity index (χ2v) is 6.49. The lowest BCUT2D eigenvalue weighted by atomic mass is 10.2. The Morgan fingerprint density at radius 3 is 2.52 bits per heavy atom. The number of nitrogens with zero attached hydrogens (tertiary/aromatic N) is 2. The van der Waals surface area contributed by atoms with E-state index in [0.29, 0.717) is 11.6 Å². The van der Waals surface area contributed by atoms with Gasteiger partial charge in [0.1, 0.15) is 21.7 Å². The molecule has 3 rings (SSSR count). The molecule has 23 heavy (non-hydrogen) atoms.